The number of carboxylic acid groups (broad SMARTS) is 2. The van der Waals surface area contributed by atoms with Crippen molar-refractivity contribution >= 4 is 11.9 Å². The van der Waals surface area contributed by atoms with Crippen LogP contribution >= 0.6 is 0 Å². The second-order valence-electron chi connectivity index (χ2n) is 5.44. The van der Waals surface area contributed by atoms with Gasteiger partial charge in [-0.1, -0.05) is 0 Å². The van der Waals surface area contributed by atoms with Crippen molar-refractivity contribution < 1.29 is 38.8 Å². The molecule has 1 aromatic carbocycles. The summed E-state index contributed by atoms with van der Waals surface area (Å²) >= 11 is 0. The van der Waals surface area contributed by atoms with Gasteiger partial charge >= 0.3 is 11.9 Å². The van der Waals surface area contributed by atoms with Crippen molar-refractivity contribution in [1.29, 1.82) is 0 Å². The number of methoxy groups -OCH3 is 1. The minimum absolute atomic E-state index is 0.0173. The average Bonchev–Trinajstić information content (AvgIpc) is 2.50. The third kappa shape index (κ3) is 3.53. The van der Waals surface area contributed by atoms with Gasteiger partial charge in [0.15, 0.2) is 17.2 Å². The lowest BCUT2D eigenvalue weighted by Gasteiger charge is -2.32. The van der Waals surface area contributed by atoms with E-state index in [4.69, 9.17) is 19.7 Å². The van der Waals surface area contributed by atoms with Gasteiger partial charge < -0.3 is 24.8 Å². The van der Waals surface area contributed by atoms with Crippen LogP contribution in [0.25, 0.3) is 0 Å². The first kappa shape index (κ1) is 17.0. The molecule has 0 spiro atoms. The second kappa shape index (κ2) is 6.41. The molecule has 3 N–H and O–H groups in total. The number of hydrogen-bond donors (Lipinski definition) is 3. The van der Waals surface area contributed by atoms with Crippen LogP contribution in [0, 0.1) is 5.82 Å². The molecule has 0 atom stereocenters. The number of carbonyl (C=O) groups is 2. The summed E-state index contributed by atoms with van der Waals surface area (Å²) in [5, 5.41) is 27.9. The van der Waals surface area contributed by atoms with Gasteiger partial charge in [0.2, 0.25) is 0 Å². The summed E-state index contributed by atoms with van der Waals surface area (Å²) in [6.07, 6.45) is -0.0975. The van der Waals surface area contributed by atoms with E-state index in [1.807, 2.05) is 0 Å². The minimum atomic E-state index is -1.79. The van der Waals surface area contributed by atoms with Crippen molar-refractivity contribution in [2.45, 2.75) is 37.4 Å². The molecule has 7 nitrogen and oxygen atoms in total. The highest BCUT2D eigenvalue weighted by Gasteiger charge is 2.40. The molecule has 8 heteroatoms. The van der Waals surface area contributed by atoms with Crippen molar-refractivity contribution in [2.75, 3.05) is 7.11 Å². The molecule has 0 bridgehead atoms. The van der Waals surface area contributed by atoms with Crippen LogP contribution in [0.1, 0.15) is 36.0 Å². The lowest BCUT2D eigenvalue weighted by atomic mass is 9.83. The molecule has 1 aromatic rings. The number of ether oxygens (including phenoxy) is 2. The van der Waals surface area contributed by atoms with Crippen LogP contribution in [-0.2, 0) is 4.79 Å². The molecule has 126 valence electrons. The van der Waals surface area contributed by atoms with Gasteiger partial charge in [0.1, 0.15) is 11.3 Å². The number of rotatable bonds is 5. The maximum atomic E-state index is 14.0. The predicted molar refractivity (Wildman–Crippen MR) is 75.4 cm³/mol. The normalized spacial score (nSPS) is 24.0. The van der Waals surface area contributed by atoms with E-state index >= 15 is 0 Å². The van der Waals surface area contributed by atoms with E-state index in [0.29, 0.717) is 0 Å². The van der Waals surface area contributed by atoms with E-state index in [1.165, 1.54) is 7.11 Å². The summed E-state index contributed by atoms with van der Waals surface area (Å²) in [4.78, 5) is 22.1. The fourth-order valence-electron chi connectivity index (χ4n) is 2.54. The zero-order valence-corrected chi connectivity index (χ0v) is 12.4. The second-order valence-corrected chi connectivity index (χ2v) is 5.44. The van der Waals surface area contributed by atoms with Gasteiger partial charge in [0.25, 0.3) is 0 Å². The minimum Gasteiger partial charge on any atom is -0.496 e. The Balaban J connectivity index is 2.14. The fourth-order valence-corrected chi connectivity index (χ4v) is 2.54. The third-order valence-corrected chi connectivity index (χ3v) is 3.94. The standard InChI is InChI=1S/C15H17FO7/c1-22-11-7-10(16)12(6-9(11)13(17)18)23-8-2-4-15(21,5-3-8)14(19)20/h6-8,21H,2-5H2,1H3,(H,17,18)(H,19,20)/t8-,15-. The number of halogens is 1. The SMILES string of the molecule is COc1cc(F)c(O[C@H]2CC[C@@](O)(C(=O)O)CC2)cc1C(=O)O. The van der Waals surface area contributed by atoms with Gasteiger partial charge in [-0.15, -0.1) is 0 Å². The predicted octanol–water partition coefficient (Wildman–Crippen LogP) is 1.67. The van der Waals surface area contributed by atoms with Gasteiger partial charge in [-0.3, -0.25) is 0 Å². The first-order chi connectivity index (χ1) is 10.8. The van der Waals surface area contributed by atoms with E-state index in [0.717, 1.165) is 12.1 Å². The van der Waals surface area contributed by atoms with Gasteiger partial charge in [0, 0.05) is 12.1 Å². The molecular formula is C15H17FO7. The van der Waals surface area contributed by atoms with E-state index in [2.05, 4.69) is 0 Å². The van der Waals surface area contributed by atoms with Crippen LogP contribution in [0.15, 0.2) is 12.1 Å². The number of hydrogen-bond acceptors (Lipinski definition) is 5. The maximum Gasteiger partial charge on any atom is 0.339 e. The van der Waals surface area contributed by atoms with Crippen LogP contribution in [0.3, 0.4) is 0 Å². The molecule has 0 unspecified atom stereocenters. The first-order valence-electron chi connectivity index (χ1n) is 7.00. The van der Waals surface area contributed by atoms with E-state index in [-0.39, 0.29) is 42.7 Å². The number of aliphatic hydroxyl groups is 1. The molecule has 1 saturated carbocycles. The summed E-state index contributed by atoms with van der Waals surface area (Å²) < 4.78 is 24.2. The van der Waals surface area contributed by atoms with Gasteiger partial charge in [-0.25, -0.2) is 14.0 Å². The summed E-state index contributed by atoms with van der Waals surface area (Å²) in [6, 6.07) is 1.96. The Bertz CT molecular complexity index is 620. The van der Waals surface area contributed by atoms with Gasteiger partial charge in [-0.05, 0) is 25.7 Å². The van der Waals surface area contributed by atoms with Crippen LogP contribution in [0.5, 0.6) is 11.5 Å². The molecule has 0 aromatic heterocycles. The smallest absolute Gasteiger partial charge is 0.339 e. The zero-order chi connectivity index (χ0) is 17.2. The maximum absolute atomic E-state index is 14.0. The first-order valence-corrected chi connectivity index (χ1v) is 7.00. The fraction of sp³-hybridized carbons (Fsp3) is 0.467. The van der Waals surface area contributed by atoms with Crippen LogP contribution in [-0.4, -0.2) is 46.1 Å². The lowest BCUT2D eigenvalue weighted by Crippen LogP contribution is -2.44. The number of aliphatic carboxylic acids is 1. The molecule has 2 rings (SSSR count). The van der Waals surface area contributed by atoms with E-state index < -0.39 is 29.5 Å². The molecule has 1 aliphatic carbocycles. The number of benzene rings is 1. The van der Waals surface area contributed by atoms with E-state index in [9.17, 15) is 19.1 Å². The highest BCUT2D eigenvalue weighted by molar-refractivity contribution is 5.91. The molecule has 1 aliphatic rings. The molecule has 0 saturated heterocycles. The van der Waals surface area contributed by atoms with Crippen LogP contribution < -0.4 is 9.47 Å². The lowest BCUT2D eigenvalue weighted by molar-refractivity contribution is -0.163. The highest BCUT2D eigenvalue weighted by Crippen LogP contribution is 2.34. The quantitative estimate of drug-likeness (QED) is 0.753. The van der Waals surface area contributed by atoms with Crippen molar-refractivity contribution in [2.24, 2.45) is 0 Å². The van der Waals surface area contributed by atoms with Crippen LogP contribution in [0.4, 0.5) is 4.39 Å². The van der Waals surface area contributed by atoms with E-state index in [1.54, 1.807) is 0 Å². The van der Waals surface area contributed by atoms with Gasteiger partial charge in [0.05, 0.1) is 13.2 Å². The van der Waals surface area contributed by atoms with Gasteiger partial charge in [-0.2, -0.15) is 0 Å². The molecule has 0 aliphatic heterocycles. The Morgan fingerprint density at radius 2 is 1.83 bits per heavy atom. The summed E-state index contributed by atoms with van der Waals surface area (Å²) in [6.45, 7) is 0. The Morgan fingerprint density at radius 3 is 2.30 bits per heavy atom. The van der Waals surface area contributed by atoms with Crippen molar-refractivity contribution in [1.82, 2.24) is 0 Å². The molecule has 0 heterocycles. The molecule has 0 amide bonds. The van der Waals surface area contributed by atoms with Crippen LogP contribution in [0.2, 0.25) is 0 Å². The van der Waals surface area contributed by atoms with Crippen molar-refractivity contribution in [3.8, 4) is 11.5 Å². The monoisotopic (exact) mass is 328 g/mol. The summed E-state index contributed by atoms with van der Waals surface area (Å²) in [5.41, 5.74) is -2.02. The Morgan fingerprint density at radius 1 is 1.22 bits per heavy atom. The number of aromatic carboxylic acids is 1. The molecular weight excluding hydrogens is 311 g/mol. The molecule has 23 heavy (non-hydrogen) atoms. The average molecular weight is 328 g/mol. The van der Waals surface area contributed by atoms with Crippen molar-refractivity contribution in [3.05, 3.63) is 23.5 Å². The van der Waals surface area contributed by atoms with Crippen molar-refractivity contribution in [3.63, 3.8) is 0 Å². The largest absolute Gasteiger partial charge is 0.496 e. The number of carboxylic acids is 2. The summed E-state index contributed by atoms with van der Waals surface area (Å²) in [7, 11) is 1.23. The topological polar surface area (TPSA) is 113 Å². The molecule has 0 radical (unpaired) electrons. The summed E-state index contributed by atoms with van der Waals surface area (Å²) in [5.74, 6) is -3.71. The zero-order valence-electron chi connectivity index (χ0n) is 12.4. The molecule has 1 fully saturated rings. The Labute approximate surface area is 131 Å². The third-order valence-electron chi connectivity index (χ3n) is 3.94. The Hall–Kier alpha value is -2.35. The Kier molecular flexibility index (Phi) is 4.74. The highest BCUT2D eigenvalue weighted by atomic mass is 19.1.